The van der Waals surface area contributed by atoms with Crippen LogP contribution >= 0.6 is 0 Å². The van der Waals surface area contributed by atoms with Crippen molar-refractivity contribution in [3.63, 3.8) is 0 Å². The van der Waals surface area contributed by atoms with Gasteiger partial charge in [0, 0.05) is 17.8 Å². The molecule has 0 aromatic heterocycles. The molecule has 102 valence electrons. The zero-order valence-electron chi connectivity index (χ0n) is 12.6. The minimum atomic E-state index is -0.0873. The molecule has 1 rings (SSSR count). The average Bonchev–Trinajstić information content (AvgIpc) is 2.19. The predicted octanol–water partition coefficient (Wildman–Crippen LogP) is 3.87. The van der Waals surface area contributed by atoms with Crippen LogP contribution in [0.2, 0.25) is 0 Å². The summed E-state index contributed by atoms with van der Waals surface area (Å²) < 4.78 is 0. The Balaban J connectivity index is 3.02. The molecule has 1 aromatic carbocycles. The van der Waals surface area contributed by atoms with E-state index in [0.29, 0.717) is 0 Å². The first-order chi connectivity index (χ1) is 8.15. The molecule has 2 nitrogen and oxygen atoms in total. The van der Waals surface area contributed by atoms with Crippen molar-refractivity contribution < 1.29 is 5.11 Å². The van der Waals surface area contributed by atoms with Crippen molar-refractivity contribution in [2.24, 2.45) is 0 Å². The Bertz CT molecular complexity index is 402. The summed E-state index contributed by atoms with van der Waals surface area (Å²) >= 11 is 0. The van der Waals surface area contributed by atoms with Crippen molar-refractivity contribution in [2.75, 3.05) is 11.9 Å². The third kappa shape index (κ3) is 4.02. The SMILES string of the molecule is Cc1ccc(C(C)(C)C)cc1NC(C)(C)CCO. The monoisotopic (exact) mass is 249 g/mol. The highest BCUT2D eigenvalue weighted by molar-refractivity contribution is 5.55. The molecule has 2 heteroatoms. The second-order valence-corrected chi connectivity index (χ2v) is 6.76. The second kappa shape index (κ2) is 5.31. The maximum Gasteiger partial charge on any atom is 0.0453 e. The Morgan fingerprint density at radius 3 is 2.22 bits per heavy atom. The Morgan fingerprint density at radius 1 is 1.11 bits per heavy atom. The predicted molar refractivity (Wildman–Crippen MR) is 79.3 cm³/mol. The Hall–Kier alpha value is -1.02. The molecular weight excluding hydrogens is 222 g/mol. The first-order valence-corrected chi connectivity index (χ1v) is 6.66. The molecule has 0 atom stereocenters. The zero-order valence-corrected chi connectivity index (χ0v) is 12.6. The summed E-state index contributed by atoms with van der Waals surface area (Å²) in [6.07, 6.45) is 0.742. The van der Waals surface area contributed by atoms with Gasteiger partial charge in [-0.3, -0.25) is 0 Å². The van der Waals surface area contributed by atoms with E-state index in [4.69, 9.17) is 5.11 Å². The van der Waals surface area contributed by atoms with Gasteiger partial charge in [-0.1, -0.05) is 32.9 Å². The maximum absolute atomic E-state index is 9.09. The molecule has 2 N–H and O–H groups in total. The first kappa shape index (κ1) is 15.0. The number of aryl methyl sites for hydroxylation is 1. The van der Waals surface area contributed by atoms with E-state index in [9.17, 15) is 0 Å². The van der Waals surface area contributed by atoms with Crippen LogP contribution < -0.4 is 5.32 Å². The van der Waals surface area contributed by atoms with Gasteiger partial charge in [-0.15, -0.1) is 0 Å². The number of rotatable bonds is 4. The third-order valence-corrected chi connectivity index (χ3v) is 3.31. The molecule has 0 saturated carbocycles. The maximum atomic E-state index is 9.09. The molecule has 0 fully saturated rings. The van der Waals surface area contributed by atoms with E-state index in [0.717, 1.165) is 6.42 Å². The molecule has 0 aliphatic carbocycles. The summed E-state index contributed by atoms with van der Waals surface area (Å²) in [5, 5.41) is 12.6. The van der Waals surface area contributed by atoms with Gasteiger partial charge >= 0.3 is 0 Å². The van der Waals surface area contributed by atoms with Crippen molar-refractivity contribution in [1.82, 2.24) is 0 Å². The van der Waals surface area contributed by atoms with Crippen LogP contribution in [0.5, 0.6) is 0 Å². The Kier molecular flexibility index (Phi) is 4.44. The lowest BCUT2D eigenvalue weighted by molar-refractivity contribution is 0.261. The van der Waals surface area contributed by atoms with Crippen molar-refractivity contribution in [2.45, 2.75) is 58.9 Å². The van der Waals surface area contributed by atoms with E-state index >= 15 is 0 Å². The molecule has 0 aliphatic heterocycles. The van der Waals surface area contributed by atoms with Crippen LogP contribution in [0, 0.1) is 6.92 Å². The molecule has 0 radical (unpaired) electrons. The van der Waals surface area contributed by atoms with Crippen LogP contribution in [0.3, 0.4) is 0 Å². The molecule has 0 spiro atoms. The highest BCUT2D eigenvalue weighted by Gasteiger charge is 2.19. The summed E-state index contributed by atoms with van der Waals surface area (Å²) in [6.45, 7) is 13.2. The quantitative estimate of drug-likeness (QED) is 0.849. The van der Waals surface area contributed by atoms with Gasteiger partial charge in [0.1, 0.15) is 0 Å². The molecule has 0 bridgehead atoms. The van der Waals surface area contributed by atoms with E-state index in [2.05, 4.69) is 65.1 Å². The number of benzene rings is 1. The number of aliphatic hydroxyl groups is 1. The third-order valence-electron chi connectivity index (χ3n) is 3.31. The number of aliphatic hydroxyl groups excluding tert-OH is 1. The van der Waals surface area contributed by atoms with E-state index in [1.54, 1.807) is 0 Å². The first-order valence-electron chi connectivity index (χ1n) is 6.66. The van der Waals surface area contributed by atoms with Crippen LogP contribution in [0.1, 0.15) is 52.2 Å². The molecule has 18 heavy (non-hydrogen) atoms. The van der Waals surface area contributed by atoms with Gasteiger partial charge in [0.2, 0.25) is 0 Å². The Morgan fingerprint density at radius 2 is 1.72 bits per heavy atom. The number of hydrogen-bond donors (Lipinski definition) is 2. The minimum absolute atomic E-state index is 0.0873. The highest BCUT2D eigenvalue weighted by Crippen LogP contribution is 2.29. The van der Waals surface area contributed by atoms with Crippen LogP contribution in [-0.2, 0) is 5.41 Å². The van der Waals surface area contributed by atoms with E-state index in [-0.39, 0.29) is 17.6 Å². The summed E-state index contributed by atoms with van der Waals surface area (Å²) in [5.41, 5.74) is 3.81. The van der Waals surface area contributed by atoms with Gasteiger partial charge in [0.05, 0.1) is 0 Å². The largest absolute Gasteiger partial charge is 0.396 e. The van der Waals surface area contributed by atoms with Crippen LogP contribution in [0.15, 0.2) is 18.2 Å². The molecule has 1 aromatic rings. The molecular formula is C16H27NO. The topological polar surface area (TPSA) is 32.3 Å². The lowest BCUT2D eigenvalue weighted by Gasteiger charge is -2.29. The van der Waals surface area contributed by atoms with Crippen LogP contribution in [0.4, 0.5) is 5.69 Å². The molecule has 0 aliphatic rings. The lowest BCUT2D eigenvalue weighted by Crippen LogP contribution is -2.32. The van der Waals surface area contributed by atoms with Gasteiger partial charge in [-0.05, 0) is 49.8 Å². The van der Waals surface area contributed by atoms with Gasteiger partial charge in [-0.25, -0.2) is 0 Å². The fourth-order valence-electron chi connectivity index (χ4n) is 1.93. The molecule has 0 heterocycles. The number of anilines is 1. The van der Waals surface area contributed by atoms with Crippen molar-refractivity contribution in [1.29, 1.82) is 0 Å². The zero-order chi connectivity index (χ0) is 14.0. The van der Waals surface area contributed by atoms with E-state index in [1.165, 1.54) is 16.8 Å². The summed E-state index contributed by atoms with van der Waals surface area (Å²) in [5.74, 6) is 0. The molecule has 0 unspecified atom stereocenters. The standard InChI is InChI=1S/C16H27NO/c1-12-7-8-13(15(2,3)4)11-14(12)17-16(5,6)9-10-18/h7-8,11,17-18H,9-10H2,1-6H3. The van der Waals surface area contributed by atoms with Crippen molar-refractivity contribution >= 4 is 5.69 Å². The highest BCUT2D eigenvalue weighted by atomic mass is 16.3. The average molecular weight is 249 g/mol. The van der Waals surface area contributed by atoms with E-state index in [1.807, 2.05) is 0 Å². The van der Waals surface area contributed by atoms with Crippen LogP contribution in [0.25, 0.3) is 0 Å². The van der Waals surface area contributed by atoms with Gasteiger partial charge in [-0.2, -0.15) is 0 Å². The lowest BCUT2D eigenvalue weighted by atomic mass is 9.86. The fraction of sp³-hybridized carbons (Fsp3) is 0.625. The summed E-state index contributed by atoms with van der Waals surface area (Å²) in [4.78, 5) is 0. The molecule has 0 saturated heterocycles. The number of nitrogens with one attached hydrogen (secondary N) is 1. The normalized spacial score (nSPS) is 12.6. The summed E-state index contributed by atoms with van der Waals surface area (Å²) in [6, 6.07) is 6.59. The number of hydrogen-bond acceptors (Lipinski definition) is 2. The van der Waals surface area contributed by atoms with Crippen LogP contribution in [-0.4, -0.2) is 17.3 Å². The smallest absolute Gasteiger partial charge is 0.0453 e. The molecule has 0 amide bonds. The minimum Gasteiger partial charge on any atom is -0.396 e. The fourth-order valence-corrected chi connectivity index (χ4v) is 1.93. The van der Waals surface area contributed by atoms with Crippen molar-refractivity contribution in [3.05, 3.63) is 29.3 Å². The second-order valence-electron chi connectivity index (χ2n) is 6.76. The van der Waals surface area contributed by atoms with E-state index < -0.39 is 0 Å². The van der Waals surface area contributed by atoms with Gasteiger partial charge < -0.3 is 10.4 Å². The van der Waals surface area contributed by atoms with Crippen molar-refractivity contribution in [3.8, 4) is 0 Å². The van der Waals surface area contributed by atoms with Gasteiger partial charge in [0.15, 0.2) is 0 Å². The van der Waals surface area contributed by atoms with Gasteiger partial charge in [0.25, 0.3) is 0 Å². The summed E-state index contributed by atoms with van der Waals surface area (Å²) in [7, 11) is 0. The Labute approximate surface area is 111 Å².